The molecule has 1 unspecified atom stereocenters. The Morgan fingerprint density at radius 3 is 2.33 bits per heavy atom. The number of unbranched alkanes of at least 4 members (excludes halogenated alkanes) is 1. The predicted octanol–water partition coefficient (Wildman–Crippen LogP) is 0.755. The number of nitrogens with one attached hydrogen (secondary N) is 2. The first-order valence-corrected chi connectivity index (χ1v) is 6.19. The maximum atomic E-state index is 11.5. The van der Waals surface area contributed by atoms with Gasteiger partial charge in [-0.25, -0.2) is 4.79 Å². The third-order valence-corrected chi connectivity index (χ3v) is 2.20. The number of nitrogens with two attached hydrogens (primary N) is 1. The van der Waals surface area contributed by atoms with Gasteiger partial charge in [0.25, 0.3) is 0 Å². The van der Waals surface area contributed by atoms with Gasteiger partial charge >= 0.3 is 6.09 Å². The molecule has 0 aromatic heterocycles. The second-order valence-corrected chi connectivity index (χ2v) is 5.20. The molecular formula is C12H25N3O3. The summed E-state index contributed by atoms with van der Waals surface area (Å²) in [5, 5.41) is 5.51. The molecule has 0 saturated heterocycles. The van der Waals surface area contributed by atoms with Crippen LogP contribution in [0.15, 0.2) is 0 Å². The molecule has 0 radical (unpaired) electrons. The molecule has 0 rings (SSSR count). The maximum absolute atomic E-state index is 11.5. The molecule has 0 fully saturated rings. The average Bonchev–Trinajstić information content (AvgIpc) is 2.19. The summed E-state index contributed by atoms with van der Waals surface area (Å²) in [5.41, 5.74) is 4.65. The summed E-state index contributed by atoms with van der Waals surface area (Å²) in [5.74, 6) is -0.537. The molecule has 0 spiro atoms. The number of primary amides is 1. The van der Waals surface area contributed by atoms with Gasteiger partial charge in [-0.05, 0) is 53.6 Å². The number of rotatable bonds is 7. The lowest BCUT2D eigenvalue weighted by molar-refractivity contribution is -0.120. The Labute approximate surface area is 109 Å². The van der Waals surface area contributed by atoms with Crippen molar-refractivity contribution in [1.29, 1.82) is 0 Å². The van der Waals surface area contributed by atoms with Gasteiger partial charge in [-0.3, -0.25) is 4.79 Å². The molecular weight excluding hydrogens is 234 g/mol. The summed E-state index contributed by atoms with van der Waals surface area (Å²) in [6.45, 7) is 6.16. The van der Waals surface area contributed by atoms with Crippen molar-refractivity contribution in [3.63, 3.8) is 0 Å². The summed E-state index contributed by atoms with van der Waals surface area (Å²) in [6, 6.07) is -0.670. The van der Waals surface area contributed by atoms with Gasteiger partial charge in [0.05, 0.1) is 0 Å². The van der Waals surface area contributed by atoms with Crippen LogP contribution in [0.2, 0.25) is 0 Å². The van der Waals surface area contributed by atoms with Gasteiger partial charge in [0.1, 0.15) is 11.6 Å². The second kappa shape index (κ2) is 7.92. The zero-order valence-corrected chi connectivity index (χ0v) is 11.7. The van der Waals surface area contributed by atoms with Gasteiger partial charge in [-0.1, -0.05) is 0 Å². The Morgan fingerprint density at radius 2 is 1.89 bits per heavy atom. The van der Waals surface area contributed by atoms with Gasteiger partial charge in [-0.2, -0.15) is 0 Å². The van der Waals surface area contributed by atoms with E-state index in [9.17, 15) is 9.59 Å². The molecule has 0 aromatic rings. The summed E-state index contributed by atoms with van der Waals surface area (Å²) in [6.07, 6.45) is 1.65. The van der Waals surface area contributed by atoms with Crippen molar-refractivity contribution in [2.24, 2.45) is 5.73 Å². The van der Waals surface area contributed by atoms with E-state index in [4.69, 9.17) is 10.5 Å². The van der Waals surface area contributed by atoms with Crippen LogP contribution in [-0.4, -0.2) is 37.2 Å². The number of ether oxygens (including phenoxy) is 1. The molecule has 1 atom stereocenters. The van der Waals surface area contributed by atoms with Gasteiger partial charge < -0.3 is 21.1 Å². The molecule has 6 heteroatoms. The molecule has 106 valence electrons. The van der Waals surface area contributed by atoms with E-state index in [0.717, 1.165) is 19.4 Å². The van der Waals surface area contributed by atoms with Crippen molar-refractivity contribution < 1.29 is 14.3 Å². The zero-order chi connectivity index (χ0) is 14.2. The highest BCUT2D eigenvalue weighted by atomic mass is 16.6. The van der Waals surface area contributed by atoms with Gasteiger partial charge in [0.2, 0.25) is 5.91 Å². The predicted molar refractivity (Wildman–Crippen MR) is 70.1 cm³/mol. The van der Waals surface area contributed by atoms with Gasteiger partial charge in [0.15, 0.2) is 0 Å². The van der Waals surface area contributed by atoms with E-state index in [2.05, 4.69) is 10.6 Å². The lowest BCUT2D eigenvalue weighted by Gasteiger charge is -2.22. The van der Waals surface area contributed by atoms with Crippen LogP contribution in [0.3, 0.4) is 0 Å². The van der Waals surface area contributed by atoms with Crippen LogP contribution >= 0.6 is 0 Å². The molecule has 0 heterocycles. The monoisotopic (exact) mass is 259 g/mol. The first kappa shape index (κ1) is 16.7. The summed E-state index contributed by atoms with van der Waals surface area (Å²) >= 11 is 0. The SMILES string of the molecule is CNCCCCC(NC(=O)OC(C)(C)C)C(N)=O. The Hall–Kier alpha value is -1.30. The van der Waals surface area contributed by atoms with Crippen LogP contribution in [0.1, 0.15) is 40.0 Å². The molecule has 0 aliphatic rings. The van der Waals surface area contributed by atoms with Crippen LogP contribution in [-0.2, 0) is 9.53 Å². The summed E-state index contributed by atoms with van der Waals surface area (Å²) in [7, 11) is 1.87. The van der Waals surface area contributed by atoms with E-state index < -0.39 is 23.6 Å². The molecule has 0 saturated carbocycles. The number of carbonyl (C=O) groups excluding carboxylic acids is 2. The molecule has 4 N–H and O–H groups in total. The fourth-order valence-electron chi connectivity index (χ4n) is 1.39. The number of amides is 2. The number of alkyl carbamates (subject to hydrolysis) is 1. The minimum atomic E-state index is -0.670. The number of hydrogen-bond donors (Lipinski definition) is 3. The van der Waals surface area contributed by atoms with E-state index in [1.165, 1.54) is 0 Å². The maximum Gasteiger partial charge on any atom is 0.408 e. The molecule has 18 heavy (non-hydrogen) atoms. The van der Waals surface area contributed by atoms with Crippen LogP contribution in [0.25, 0.3) is 0 Å². The third-order valence-electron chi connectivity index (χ3n) is 2.20. The highest BCUT2D eigenvalue weighted by Gasteiger charge is 2.22. The molecule has 0 aliphatic heterocycles. The Balaban J connectivity index is 4.11. The lowest BCUT2D eigenvalue weighted by atomic mass is 10.1. The Bertz CT molecular complexity index is 274. The summed E-state index contributed by atoms with van der Waals surface area (Å²) in [4.78, 5) is 22.7. The Morgan fingerprint density at radius 1 is 1.28 bits per heavy atom. The van der Waals surface area contributed by atoms with Crippen LogP contribution in [0, 0.1) is 0 Å². The third kappa shape index (κ3) is 8.81. The second-order valence-electron chi connectivity index (χ2n) is 5.20. The Kier molecular flexibility index (Phi) is 7.35. The van der Waals surface area contributed by atoms with E-state index >= 15 is 0 Å². The highest BCUT2D eigenvalue weighted by molar-refractivity contribution is 5.84. The van der Waals surface area contributed by atoms with Crippen LogP contribution in [0.4, 0.5) is 4.79 Å². The minimum absolute atomic E-state index is 0.524. The largest absolute Gasteiger partial charge is 0.444 e. The lowest BCUT2D eigenvalue weighted by Crippen LogP contribution is -2.46. The first-order valence-electron chi connectivity index (χ1n) is 6.19. The average molecular weight is 259 g/mol. The highest BCUT2D eigenvalue weighted by Crippen LogP contribution is 2.08. The summed E-state index contributed by atoms with van der Waals surface area (Å²) < 4.78 is 5.08. The topological polar surface area (TPSA) is 93.4 Å². The normalized spacial score (nSPS) is 12.9. The van der Waals surface area contributed by atoms with Crippen molar-refractivity contribution >= 4 is 12.0 Å². The van der Waals surface area contributed by atoms with Crippen molar-refractivity contribution in [2.75, 3.05) is 13.6 Å². The van der Waals surface area contributed by atoms with Crippen LogP contribution < -0.4 is 16.4 Å². The van der Waals surface area contributed by atoms with E-state index in [1.54, 1.807) is 20.8 Å². The number of carbonyl (C=O) groups is 2. The standard InChI is InChI=1S/C12H25N3O3/c1-12(2,3)18-11(17)15-9(10(13)16)7-5-6-8-14-4/h9,14H,5-8H2,1-4H3,(H2,13,16)(H,15,17). The molecule has 0 aliphatic carbocycles. The van der Waals surface area contributed by atoms with Gasteiger partial charge in [0, 0.05) is 0 Å². The van der Waals surface area contributed by atoms with E-state index in [0.29, 0.717) is 6.42 Å². The van der Waals surface area contributed by atoms with Crippen molar-refractivity contribution in [2.45, 2.75) is 51.7 Å². The smallest absolute Gasteiger partial charge is 0.408 e. The van der Waals surface area contributed by atoms with Crippen molar-refractivity contribution in [3.05, 3.63) is 0 Å². The van der Waals surface area contributed by atoms with E-state index in [-0.39, 0.29) is 0 Å². The number of hydrogen-bond acceptors (Lipinski definition) is 4. The fourth-order valence-corrected chi connectivity index (χ4v) is 1.39. The minimum Gasteiger partial charge on any atom is -0.444 e. The van der Waals surface area contributed by atoms with Crippen molar-refractivity contribution in [1.82, 2.24) is 10.6 Å². The van der Waals surface area contributed by atoms with E-state index in [1.807, 2.05) is 7.05 Å². The molecule has 0 bridgehead atoms. The van der Waals surface area contributed by atoms with Crippen LogP contribution in [0.5, 0.6) is 0 Å². The fraction of sp³-hybridized carbons (Fsp3) is 0.833. The molecule has 6 nitrogen and oxygen atoms in total. The molecule has 0 aromatic carbocycles. The quantitative estimate of drug-likeness (QED) is 0.588. The van der Waals surface area contributed by atoms with Gasteiger partial charge in [-0.15, -0.1) is 0 Å². The van der Waals surface area contributed by atoms with Crippen molar-refractivity contribution in [3.8, 4) is 0 Å². The molecule has 2 amide bonds. The first-order chi connectivity index (χ1) is 8.26. The zero-order valence-electron chi connectivity index (χ0n) is 11.7.